The maximum Gasteiger partial charge on any atom is 0.523 e. The third-order valence-corrected chi connectivity index (χ3v) is 4.75. The van der Waals surface area contributed by atoms with Crippen LogP contribution in [0.3, 0.4) is 0 Å². The zero-order chi connectivity index (χ0) is 18.8. The Balaban J connectivity index is 2.48. The summed E-state index contributed by atoms with van der Waals surface area (Å²) >= 11 is 0. The second-order valence-corrected chi connectivity index (χ2v) is 9.00. The SMILES string of the molecule is CC1(COS(=O)(=O)C(F)(F)F)CCC(NC(=O)OC(C)(C)C)CC1. The molecule has 10 heteroatoms. The van der Waals surface area contributed by atoms with E-state index in [-0.39, 0.29) is 6.04 Å². The number of amides is 1. The van der Waals surface area contributed by atoms with E-state index in [1.54, 1.807) is 27.7 Å². The van der Waals surface area contributed by atoms with Gasteiger partial charge in [0.05, 0.1) is 6.61 Å². The van der Waals surface area contributed by atoms with Crippen molar-refractivity contribution >= 4 is 16.2 Å². The number of alkyl halides is 3. The van der Waals surface area contributed by atoms with Crippen molar-refractivity contribution in [1.82, 2.24) is 5.32 Å². The van der Waals surface area contributed by atoms with Gasteiger partial charge in [-0.1, -0.05) is 6.92 Å². The van der Waals surface area contributed by atoms with Gasteiger partial charge < -0.3 is 10.1 Å². The Morgan fingerprint density at radius 1 is 1.21 bits per heavy atom. The highest BCUT2D eigenvalue weighted by Crippen LogP contribution is 2.37. The van der Waals surface area contributed by atoms with Crippen LogP contribution in [0.1, 0.15) is 53.4 Å². The first-order valence-corrected chi connectivity index (χ1v) is 9.00. The molecule has 0 aromatic carbocycles. The monoisotopic (exact) mass is 375 g/mol. The number of carbonyl (C=O) groups is 1. The van der Waals surface area contributed by atoms with Crippen LogP contribution in [0.2, 0.25) is 0 Å². The Hall–Kier alpha value is -1.03. The molecule has 0 bridgehead atoms. The van der Waals surface area contributed by atoms with Gasteiger partial charge in [-0.15, -0.1) is 0 Å². The van der Waals surface area contributed by atoms with Crippen molar-refractivity contribution in [3.05, 3.63) is 0 Å². The van der Waals surface area contributed by atoms with Crippen LogP contribution in [-0.2, 0) is 19.0 Å². The van der Waals surface area contributed by atoms with E-state index in [1.165, 1.54) is 0 Å². The van der Waals surface area contributed by atoms with Crippen LogP contribution in [0.25, 0.3) is 0 Å². The van der Waals surface area contributed by atoms with Crippen LogP contribution in [0, 0.1) is 5.41 Å². The maximum atomic E-state index is 12.3. The van der Waals surface area contributed by atoms with Gasteiger partial charge in [-0.2, -0.15) is 21.6 Å². The van der Waals surface area contributed by atoms with Gasteiger partial charge in [-0.05, 0) is 51.9 Å². The molecule has 1 rings (SSSR count). The van der Waals surface area contributed by atoms with E-state index in [9.17, 15) is 26.4 Å². The number of hydrogen-bond donors (Lipinski definition) is 1. The van der Waals surface area contributed by atoms with Crippen LogP contribution in [0.5, 0.6) is 0 Å². The van der Waals surface area contributed by atoms with Gasteiger partial charge in [-0.3, -0.25) is 4.18 Å². The molecule has 0 atom stereocenters. The number of carbonyl (C=O) groups excluding carboxylic acids is 1. The van der Waals surface area contributed by atoms with Crippen LogP contribution < -0.4 is 5.32 Å². The predicted molar refractivity (Wildman–Crippen MR) is 80.7 cm³/mol. The third kappa shape index (κ3) is 6.46. The third-order valence-electron chi connectivity index (χ3n) is 3.76. The fraction of sp³-hybridized carbons (Fsp3) is 0.929. The molecule has 1 fully saturated rings. The summed E-state index contributed by atoms with van der Waals surface area (Å²) in [6, 6.07) is -0.160. The van der Waals surface area contributed by atoms with Crippen molar-refractivity contribution in [3.8, 4) is 0 Å². The van der Waals surface area contributed by atoms with E-state index < -0.39 is 39.3 Å². The van der Waals surface area contributed by atoms with E-state index in [2.05, 4.69) is 9.50 Å². The summed E-state index contributed by atoms with van der Waals surface area (Å²) in [6.45, 7) is 6.35. The molecule has 1 aliphatic rings. The number of halogens is 3. The number of ether oxygens (including phenoxy) is 1. The Kier molecular flexibility index (Phi) is 6.19. The summed E-state index contributed by atoms with van der Waals surface area (Å²) < 4.78 is 68.1. The van der Waals surface area contributed by atoms with Crippen molar-refractivity contribution in [3.63, 3.8) is 0 Å². The maximum absolute atomic E-state index is 12.3. The molecule has 0 unspecified atom stereocenters. The standard InChI is InChI=1S/C14H24F3NO5S/c1-12(2,3)23-11(19)18-10-5-7-13(4,8-6-10)9-22-24(20,21)14(15,16)17/h10H,5-9H2,1-4H3,(H,18,19). The molecule has 142 valence electrons. The fourth-order valence-electron chi connectivity index (χ4n) is 2.36. The molecular formula is C14H24F3NO5S. The lowest BCUT2D eigenvalue weighted by atomic mass is 9.74. The minimum absolute atomic E-state index is 0.160. The van der Waals surface area contributed by atoms with Crippen molar-refractivity contribution in [2.75, 3.05) is 6.61 Å². The van der Waals surface area contributed by atoms with Crippen molar-refractivity contribution < 1.29 is 35.3 Å². The molecular weight excluding hydrogens is 351 g/mol. The number of alkyl carbamates (subject to hydrolysis) is 1. The van der Waals surface area contributed by atoms with Gasteiger partial charge in [0, 0.05) is 6.04 Å². The lowest BCUT2D eigenvalue weighted by molar-refractivity contribution is -0.0573. The first kappa shape index (κ1) is 21.0. The zero-order valence-corrected chi connectivity index (χ0v) is 15.0. The Labute approximate surface area is 140 Å². The average molecular weight is 375 g/mol. The molecule has 6 nitrogen and oxygen atoms in total. The molecule has 1 N–H and O–H groups in total. The van der Waals surface area contributed by atoms with Gasteiger partial charge in [0.1, 0.15) is 5.60 Å². The molecule has 0 radical (unpaired) electrons. The van der Waals surface area contributed by atoms with Crippen molar-refractivity contribution in [1.29, 1.82) is 0 Å². The molecule has 0 saturated heterocycles. The first-order valence-electron chi connectivity index (χ1n) is 7.59. The van der Waals surface area contributed by atoms with Crippen molar-refractivity contribution in [2.45, 2.75) is 70.5 Å². The lowest BCUT2D eigenvalue weighted by Crippen LogP contribution is -2.43. The predicted octanol–water partition coefficient (Wildman–Crippen LogP) is 3.33. The quantitative estimate of drug-likeness (QED) is 0.602. The molecule has 1 aliphatic carbocycles. The van der Waals surface area contributed by atoms with Gasteiger partial charge in [-0.25, -0.2) is 4.79 Å². The highest BCUT2D eigenvalue weighted by Gasteiger charge is 2.48. The zero-order valence-electron chi connectivity index (χ0n) is 14.2. The molecule has 0 aromatic rings. The van der Waals surface area contributed by atoms with Crippen LogP contribution in [-0.4, -0.2) is 38.3 Å². The van der Waals surface area contributed by atoms with Gasteiger partial charge in [0.2, 0.25) is 0 Å². The van der Waals surface area contributed by atoms with Crippen LogP contribution >= 0.6 is 0 Å². The summed E-state index contributed by atoms with van der Waals surface area (Å²) in [5, 5.41) is 2.71. The molecule has 1 amide bonds. The summed E-state index contributed by atoms with van der Waals surface area (Å²) in [5.74, 6) is 0. The molecule has 0 spiro atoms. The topological polar surface area (TPSA) is 81.7 Å². The lowest BCUT2D eigenvalue weighted by Gasteiger charge is -2.37. The molecule has 24 heavy (non-hydrogen) atoms. The largest absolute Gasteiger partial charge is 0.523 e. The fourth-order valence-corrected chi connectivity index (χ4v) is 2.94. The van der Waals surface area contributed by atoms with Crippen LogP contribution in [0.4, 0.5) is 18.0 Å². The Bertz CT molecular complexity index is 546. The highest BCUT2D eigenvalue weighted by atomic mass is 32.2. The number of rotatable bonds is 4. The van der Waals surface area contributed by atoms with E-state index in [1.807, 2.05) is 0 Å². The molecule has 0 heterocycles. The molecule has 1 saturated carbocycles. The first-order chi connectivity index (χ1) is 10.6. The van der Waals surface area contributed by atoms with Crippen molar-refractivity contribution in [2.24, 2.45) is 5.41 Å². The minimum atomic E-state index is -5.58. The highest BCUT2D eigenvalue weighted by molar-refractivity contribution is 7.87. The van der Waals surface area contributed by atoms with E-state index >= 15 is 0 Å². The van der Waals surface area contributed by atoms with E-state index in [0.717, 1.165) is 0 Å². The number of hydrogen-bond acceptors (Lipinski definition) is 5. The van der Waals surface area contributed by atoms with Gasteiger partial charge in [0.15, 0.2) is 0 Å². The smallest absolute Gasteiger partial charge is 0.444 e. The molecule has 0 aromatic heterocycles. The summed E-state index contributed by atoms with van der Waals surface area (Å²) in [6.07, 6.45) is 1.32. The van der Waals surface area contributed by atoms with E-state index in [0.29, 0.717) is 25.7 Å². The summed E-state index contributed by atoms with van der Waals surface area (Å²) in [5.41, 5.74) is -6.73. The second kappa shape index (κ2) is 7.07. The molecule has 0 aliphatic heterocycles. The van der Waals surface area contributed by atoms with E-state index in [4.69, 9.17) is 4.74 Å². The average Bonchev–Trinajstić information content (AvgIpc) is 2.36. The Morgan fingerprint density at radius 3 is 2.12 bits per heavy atom. The van der Waals surface area contributed by atoms with Gasteiger partial charge >= 0.3 is 21.7 Å². The number of nitrogens with one attached hydrogen (secondary N) is 1. The second-order valence-electron chi connectivity index (χ2n) is 7.39. The summed E-state index contributed by atoms with van der Waals surface area (Å²) in [7, 11) is -5.58. The summed E-state index contributed by atoms with van der Waals surface area (Å²) in [4.78, 5) is 11.7. The minimum Gasteiger partial charge on any atom is -0.444 e. The van der Waals surface area contributed by atoms with Crippen LogP contribution in [0.15, 0.2) is 0 Å². The van der Waals surface area contributed by atoms with Gasteiger partial charge in [0.25, 0.3) is 0 Å². The normalized spacial score (nSPS) is 26.0. The Morgan fingerprint density at radius 2 is 1.71 bits per heavy atom.